The molecule has 10 nitrogen and oxygen atoms in total. The van der Waals surface area contributed by atoms with Crippen molar-refractivity contribution in [3.63, 3.8) is 0 Å². The van der Waals surface area contributed by atoms with Crippen LogP contribution in [0.5, 0.6) is 17.2 Å². The maximum absolute atomic E-state index is 12.7. The number of hydrogen-bond acceptors (Lipinski definition) is 7. The number of nitrogens with zero attached hydrogens (tertiary/aromatic N) is 3. The summed E-state index contributed by atoms with van der Waals surface area (Å²) in [6, 6.07) is 10.9. The van der Waals surface area contributed by atoms with Crippen LogP contribution in [-0.2, 0) is 0 Å². The van der Waals surface area contributed by atoms with Crippen molar-refractivity contribution >= 4 is 17.1 Å². The van der Waals surface area contributed by atoms with E-state index in [1.807, 2.05) is 24.3 Å². The van der Waals surface area contributed by atoms with Crippen molar-refractivity contribution in [1.29, 1.82) is 0 Å². The van der Waals surface area contributed by atoms with Gasteiger partial charge in [0.15, 0.2) is 17.2 Å². The number of fused-ring (bicyclic) bond motifs is 2. The fourth-order valence-corrected chi connectivity index (χ4v) is 3.28. The summed E-state index contributed by atoms with van der Waals surface area (Å²) in [7, 11) is 0. The highest BCUT2D eigenvalue weighted by Gasteiger charge is 2.18. The molecular weight excluding hydrogens is 392 g/mol. The van der Waals surface area contributed by atoms with E-state index in [-0.39, 0.29) is 17.3 Å². The predicted octanol–water partition coefficient (Wildman–Crippen LogP) is 2.60. The smallest absolute Gasteiger partial charge is 0.486 e. The van der Waals surface area contributed by atoms with Gasteiger partial charge in [-0.2, -0.15) is 5.10 Å². The summed E-state index contributed by atoms with van der Waals surface area (Å²) in [6.07, 6.45) is 1.06. The molecule has 1 aliphatic rings. The fraction of sp³-hybridized carbons (Fsp3) is 0.100. The van der Waals surface area contributed by atoms with Gasteiger partial charge in [-0.3, -0.25) is 9.78 Å². The Morgan fingerprint density at radius 3 is 2.93 bits per heavy atom. The number of para-hydroxylation sites is 1. The predicted molar refractivity (Wildman–Crippen MR) is 105 cm³/mol. The molecule has 2 aromatic heterocycles. The van der Waals surface area contributed by atoms with Crippen LogP contribution in [0.25, 0.3) is 28.0 Å². The monoisotopic (exact) mass is 406 g/mol. The molecular formula is C20H14N4O6. The van der Waals surface area contributed by atoms with E-state index in [1.54, 1.807) is 12.1 Å². The lowest BCUT2D eigenvalue weighted by atomic mass is 10.0. The SMILES string of the molecule is O=C(O)Oc1cnn(-c2nc3ccc(-c4cccc5c4OCCO5)cc3c(=O)[nH]2)c1. The number of aromatic nitrogens is 4. The number of ether oxygens (including phenoxy) is 3. The van der Waals surface area contributed by atoms with Crippen LogP contribution in [-0.4, -0.2) is 44.2 Å². The van der Waals surface area contributed by atoms with Crippen LogP contribution in [0.15, 0.2) is 53.6 Å². The van der Waals surface area contributed by atoms with E-state index in [2.05, 4.69) is 19.8 Å². The maximum atomic E-state index is 12.7. The van der Waals surface area contributed by atoms with Gasteiger partial charge in [0.2, 0.25) is 5.95 Å². The third kappa shape index (κ3) is 3.09. The largest absolute Gasteiger partial charge is 0.511 e. The molecule has 30 heavy (non-hydrogen) atoms. The van der Waals surface area contributed by atoms with Crippen molar-refractivity contribution in [2.45, 2.75) is 0 Å². The highest BCUT2D eigenvalue weighted by Crippen LogP contribution is 2.40. The minimum absolute atomic E-state index is 0.0108. The summed E-state index contributed by atoms with van der Waals surface area (Å²) in [5.74, 6) is 1.46. The van der Waals surface area contributed by atoms with Gasteiger partial charge in [0.05, 0.1) is 23.3 Å². The molecule has 0 unspecified atom stereocenters. The highest BCUT2D eigenvalue weighted by atomic mass is 16.7. The number of carboxylic acid groups (broad SMARTS) is 1. The van der Waals surface area contributed by atoms with Gasteiger partial charge in [0, 0.05) is 5.56 Å². The van der Waals surface area contributed by atoms with E-state index in [0.29, 0.717) is 35.6 Å². The maximum Gasteiger partial charge on any atom is 0.511 e. The number of H-pyrrole nitrogens is 1. The Morgan fingerprint density at radius 2 is 2.07 bits per heavy atom. The topological polar surface area (TPSA) is 129 Å². The molecule has 2 aromatic carbocycles. The summed E-state index contributed by atoms with van der Waals surface area (Å²) in [5, 5.41) is 13.0. The zero-order valence-corrected chi connectivity index (χ0v) is 15.4. The van der Waals surface area contributed by atoms with Crippen LogP contribution in [0, 0.1) is 0 Å². The Morgan fingerprint density at radius 1 is 1.20 bits per heavy atom. The Kier molecular flexibility index (Phi) is 4.09. The van der Waals surface area contributed by atoms with E-state index in [0.717, 1.165) is 11.1 Å². The molecule has 0 amide bonds. The van der Waals surface area contributed by atoms with Crippen molar-refractivity contribution < 1.29 is 24.1 Å². The molecule has 1 aliphatic heterocycles. The first-order valence-corrected chi connectivity index (χ1v) is 8.97. The van der Waals surface area contributed by atoms with Gasteiger partial charge in [-0.05, 0) is 23.8 Å². The first-order valence-electron chi connectivity index (χ1n) is 8.97. The van der Waals surface area contributed by atoms with Gasteiger partial charge in [0.25, 0.3) is 5.56 Å². The van der Waals surface area contributed by atoms with Gasteiger partial charge in [0.1, 0.15) is 13.2 Å². The lowest BCUT2D eigenvalue weighted by Crippen LogP contribution is -2.16. The second-order valence-corrected chi connectivity index (χ2v) is 6.44. The van der Waals surface area contributed by atoms with E-state index < -0.39 is 6.16 Å². The molecule has 0 saturated carbocycles. The molecule has 10 heteroatoms. The molecule has 0 fully saturated rings. The van der Waals surface area contributed by atoms with Gasteiger partial charge in [-0.15, -0.1) is 0 Å². The Balaban J connectivity index is 1.56. The van der Waals surface area contributed by atoms with Crippen LogP contribution >= 0.6 is 0 Å². The van der Waals surface area contributed by atoms with Crippen molar-refractivity contribution in [2.24, 2.45) is 0 Å². The van der Waals surface area contributed by atoms with Crippen LogP contribution in [0.2, 0.25) is 0 Å². The summed E-state index contributed by atoms with van der Waals surface area (Å²) >= 11 is 0. The second-order valence-electron chi connectivity index (χ2n) is 6.44. The van der Waals surface area contributed by atoms with E-state index in [4.69, 9.17) is 14.6 Å². The quantitative estimate of drug-likeness (QED) is 0.497. The molecule has 5 rings (SSSR count). The standard InChI is InChI=1S/C20H14N4O6/c25-18-14-8-11(13-2-1-3-16-17(13)29-7-6-28-16)4-5-15(14)22-19(23-18)24-10-12(9-21-24)30-20(26)27/h1-5,8-10H,6-7H2,(H,26,27)(H,22,23,25). The van der Waals surface area contributed by atoms with Gasteiger partial charge < -0.3 is 19.3 Å². The molecule has 0 bridgehead atoms. The second kappa shape index (κ2) is 6.92. The molecule has 0 atom stereocenters. The van der Waals surface area contributed by atoms with E-state index >= 15 is 0 Å². The number of benzene rings is 2. The molecule has 0 spiro atoms. The Bertz CT molecular complexity index is 1340. The summed E-state index contributed by atoms with van der Waals surface area (Å²) in [5.41, 5.74) is 1.70. The minimum atomic E-state index is -1.46. The molecule has 3 heterocycles. The molecule has 4 aromatic rings. The number of rotatable bonds is 3. The Hall–Kier alpha value is -4.34. The van der Waals surface area contributed by atoms with E-state index in [9.17, 15) is 9.59 Å². The van der Waals surface area contributed by atoms with Crippen LogP contribution in [0.4, 0.5) is 4.79 Å². The third-order valence-electron chi connectivity index (χ3n) is 4.55. The molecule has 150 valence electrons. The van der Waals surface area contributed by atoms with Crippen LogP contribution < -0.4 is 19.8 Å². The molecule has 2 N–H and O–H groups in total. The molecule has 0 radical (unpaired) electrons. The van der Waals surface area contributed by atoms with Gasteiger partial charge >= 0.3 is 6.16 Å². The highest BCUT2D eigenvalue weighted by molar-refractivity contribution is 5.86. The van der Waals surface area contributed by atoms with Crippen molar-refractivity contribution in [3.05, 3.63) is 59.1 Å². The zero-order chi connectivity index (χ0) is 20.7. The molecule has 0 aliphatic carbocycles. The minimum Gasteiger partial charge on any atom is -0.486 e. The van der Waals surface area contributed by atoms with E-state index in [1.165, 1.54) is 17.1 Å². The fourth-order valence-electron chi connectivity index (χ4n) is 3.28. The average molecular weight is 406 g/mol. The summed E-state index contributed by atoms with van der Waals surface area (Å²) in [4.78, 5) is 30.4. The lowest BCUT2D eigenvalue weighted by Gasteiger charge is -2.21. The van der Waals surface area contributed by atoms with Gasteiger partial charge in [-0.25, -0.2) is 14.5 Å². The van der Waals surface area contributed by atoms with Crippen LogP contribution in [0.1, 0.15) is 0 Å². The van der Waals surface area contributed by atoms with Crippen LogP contribution in [0.3, 0.4) is 0 Å². The number of aromatic amines is 1. The third-order valence-corrected chi connectivity index (χ3v) is 4.55. The summed E-state index contributed by atoms with van der Waals surface area (Å²) < 4.78 is 17.2. The Labute approximate surface area is 168 Å². The summed E-state index contributed by atoms with van der Waals surface area (Å²) in [6.45, 7) is 0.952. The number of hydrogen-bond donors (Lipinski definition) is 2. The molecule has 0 saturated heterocycles. The average Bonchev–Trinajstić information content (AvgIpc) is 3.21. The van der Waals surface area contributed by atoms with Crippen molar-refractivity contribution in [2.75, 3.05) is 13.2 Å². The lowest BCUT2D eigenvalue weighted by molar-refractivity contribution is 0.144. The first kappa shape index (κ1) is 17.7. The number of nitrogens with one attached hydrogen (secondary N) is 1. The zero-order valence-electron chi connectivity index (χ0n) is 15.4. The van der Waals surface area contributed by atoms with Gasteiger partial charge in [-0.1, -0.05) is 18.2 Å². The van der Waals surface area contributed by atoms with Crippen molar-refractivity contribution in [3.8, 4) is 34.3 Å². The van der Waals surface area contributed by atoms with Crippen molar-refractivity contribution in [1.82, 2.24) is 19.7 Å². The normalized spacial score (nSPS) is 12.7. The first-order chi connectivity index (χ1) is 14.6. The number of carbonyl (C=O) groups is 1.